The summed E-state index contributed by atoms with van der Waals surface area (Å²) in [5.74, 6) is 0.830. The first-order chi connectivity index (χ1) is 7.20. The number of ether oxygens (including phenoxy) is 1. The molecule has 0 aliphatic carbocycles. The van der Waals surface area contributed by atoms with Gasteiger partial charge >= 0.3 is 0 Å². The van der Waals surface area contributed by atoms with Crippen LogP contribution in [-0.4, -0.2) is 18.0 Å². The average molecular weight is 227 g/mol. The summed E-state index contributed by atoms with van der Waals surface area (Å²) < 4.78 is 5.53. The van der Waals surface area contributed by atoms with Gasteiger partial charge in [0, 0.05) is 18.0 Å². The summed E-state index contributed by atoms with van der Waals surface area (Å²) >= 11 is 5.58. The van der Waals surface area contributed by atoms with Gasteiger partial charge in [-0.1, -0.05) is 0 Å². The lowest BCUT2D eigenvalue weighted by atomic mass is 10.1. The van der Waals surface area contributed by atoms with E-state index in [1.807, 2.05) is 0 Å². The summed E-state index contributed by atoms with van der Waals surface area (Å²) in [6, 6.07) is 5.00. The van der Waals surface area contributed by atoms with Gasteiger partial charge in [0.1, 0.15) is 5.75 Å². The van der Waals surface area contributed by atoms with Crippen molar-refractivity contribution in [2.45, 2.75) is 12.6 Å². The van der Waals surface area contributed by atoms with Crippen LogP contribution < -0.4 is 15.8 Å². The number of anilines is 1. The van der Waals surface area contributed by atoms with Gasteiger partial charge in [-0.05, 0) is 18.2 Å². The van der Waals surface area contributed by atoms with Crippen molar-refractivity contribution < 1.29 is 9.53 Å². The van der Waals surface area contributed by atoms with E-state index in [0.29, 0.717) is 29.3 Å². The molecule has 1 amide bonds. The lowest BCUT2D eigenvalue weighted by molar-refractivity contribution is 0.0752. The van der Waals surface area contributed by atoms with Gasteiger partial charge in [-0.25, -0.2) is 0 Å². The molecule has 1 heterocycles. The van der Waals surface area contributed by atoms with E-state index in [0.717, 1.165) is 0 Å². The van der Waals surface area contributed by atoms with Crippen LogP contribution >= 0.6 is 11.6 Å². The van der Waals surface area contributed by atoms with Gasteiger partial charge in [0.25, 0.3) is 5.91 Å². The summed E-state index contributed by atoms with van der Waals surface area (Å²) in [6.07, 6.45) is 0.239. The highest BCUT2D eigenvalue weighted by molar-refractivity contribution is 6.17. The molecule has 1 aliphatic heterocycles. The molecule has 1 aliphatic rings. The van der Waals surface area contributed by atoms with Crippen molar-refractivity contribution in [2.75, 3.05) is 11.6 Å². The molecule has 0 aromatic heterocycles. The highest BCUT2D eigenvalue weighted by atomic mass is 35.5. The highest BCUT2D eigenvalue weighted by Gasteiger charge is 2.24. The molecule has 0 spiro atoms. The maximum absolute atomic E-state index is 11.6. The van der Waals surface area contributed by atoms with Gasteiger partial charge in [-0.2, -0.15) is 0 Å². The Morgan fingerprint density at radius 2 is 2.33 bits per heavy atom. The second-order valence-corrected chi connectivity index (χ2v) is 3.69. The number of hydrogen-bond donors (Lipinski definition) is 2. The fourth-order valence-corrected chi connectivity index (χ4v) is 1.66. The van der Waals surface area contributed by atoms with E-state index in [9.17, 15) is 4.79 Å². The molecule has 80 valence electrons. The molecule has 0 radical (unpaired) electrons. The van der Waals surface area contributed by atoms with Crippen LogP contribution in [0.1, 0.15) is 16.8 Å². The zero-order chi connectivity index (χ0) is 10.8. The number of alkyl halides is 1. The van der Waals surface area contributed by atoms with Gasteiger partial charge < -0.3 is 15.8 Å². The Balaban J connectivity index is 2.28. The zero-order valence-corrected chi connectivity index (χ0v) is 8.75. The summed E-state index contributed by atoms with van der Waals surface area (Å²) in [5, 5.41) is 2.70. The minimum absolute atomic E-state index is 0.168. The van der Waals surface area contributed by atoms with Crippen LogP contribution in [0.2, 0.25) is 0 Å². The molecule has 0 saturated carbocycles. The number of fused-ring (bicyclic) bond motifs is 1. The number of amides is 1. The second-order valence-electron chi connectivity index (χ2n) is 3.31. The van der Waals surface area contributed by atoms with Crippen LogP contribution in [0.15, 0.2) is 18.2 Å². The van der Waals surface area contributed by atoms with E-state index in [-0.39, 0.29) is 12.1 Å². The fraction of sp³-hybridized carbons (Fsp3) is 0.300. The molecule has 3 N–H and O–H groups in total. The maximum atomic E-state index is 11.6. The van der Waals surface area contributed by atoms with Gasteiger partial charge in [-0.3, -0.25) is 4.79 Å². The molecular formula is C10H11ClN2O2. The summed E-state index contributed by atoms with van der Waals surface area (Å²) in [4.78, 5) is 11.6. The molecule has 1 unspecified atom stereocenters. The van der Waals surface area contributed by atoms with Crippen LogP contribution in [0.3, 0.4) is 0 Å². The van der Waals surface area contributed by atoms with Crippen LogP contribution in [-0.2, 0) is 0 Å². The number of hydrogen-bond acceptors (Lipinski definition) is 3. The minimum atomic E-state index is -0.342. The SMILES string of the molecule is Nc1ccc2c(c1)C(=O)NC(CCCl)O2. The van der Waals surface area contributed by atoms with E-state index in [1.165, 1.54) is 0 Å². The van der Waals surface area contributed by atoms with E-state index in [1.54, 1.807) is 18.2 Å². The smallest absolute Gasteiger partial charge is 0.257 e. The molecule has 5 heteroatoms. The molecule has 1 aromatic rings. The number of carbonyl (C=O) groups is 1. The Bertz CT molecular complexity index is 395. The molecule has 0 fully saturated rings. The van der Waals surface area contributed by atoms with Crippen molar-refractivity contribution in [1.82, 2.24) is 5.32 Å². The van der Waals surface area contributed by atoms with Gasteiger partial charge in [0.2, 0.25) is 0 Å². The first-order valence-electron chi connectivity index (χ1n) is 4.63. The maximum Gasteiger partial charge on any atom is 0.257 e. The third-order valence-corrected chi connectivity index (χ3v) is 2.40. The Kier molecular flexibility index (Phi) is 2.68. The number of nitrogens with one attached hydrogen (secondary N) is 1. The first kappa shape index (κ1) is 10.1. The first-order valence-corrected chi connectivity index (χ1v) is 5.17. The Hall–Kier alpha value is -1.42. The number of nitrogens with two attached hydrogens (primary N) is 1. The van der Waals surface area contributed by atoms with Crippen LogP contribution in [0, 0.1) is 0 Å². The summed E-state index contributed by atoms with van der Waals surface area (Å²) in [6.45, 7) is 0. The van der Waals surface area contributed by atoms with E-state index < -0.39 is 0 Å². The number of benzene rings is 1. The van der Waals surface area contributed by atoms with E-state index in [2.05, 4.69) is 5.32 Å². The van der Waals surface area contributed by atoms with Crippen LogP contribution in [0.25, 0.3) is 0 Å². The monoisotopic (exact) mass is 226 g/mol. The van der Waals surface area contributed by atoms with Crippen LogP contribution in [0.4, 0.5) is 5.69 Å². The molecule has 1 aromatic carbocycles. The largest absolute Gasteiger partial charge is 0.470 e. The standard InChI is InChI=1S/C10H11ClN2O2/c11-4-3-9-13-10(14)7-5-6(12)1-2-8(7)15-9/h1-2,5,9H,3-4,12H2,(H,13,14). The average Bonchev–Trinajstić information content (AvgIpc) is 2.20. The minimum Gasteiger partial charge on any atom is -0.470 e. The topological polar surface area (TPSA) is 64.4 Å². The van der Waals surface area contributed by atoms with E-state index in [4.69, 9.17) is 22.1 Å². The molecule has 0 bridgehead atoms. The Labute approximate surface area is 92.4 Å². The lowest BCUT2D eigenvalue weighted by Gasteiger charge is -2.26. The molecular weight excluding hydrogens is 216 g/mol. The van der Waals surface area contributed by atoms with Crippen molar-refractivity contribution in [1.29, 1.82) is 0 Å². The van der Waals surface area contributed by atoms with E-state index >= 15 is 0 Å². The summed E-state index contributed by atoms with van der Waals surface area (Å²) in [7, 11) is 0. The van der Waals surface area contributed by atoms with Gasteiger partial charge in [0.05, 0.1) is 5.56 Å². The Morgan fingerprint density at radius 1 is 1.53 bits per heavy atom. The fourth-order valence-electron chi connectivity index (χ4n) is 1.46. The normalized spacial score (nSPS) is 19.0. The molecule has 1 atom stereocenters. The lowest BCUT2D eigenvalue weighted by Crippen LogP contribution is -2.43. The molecule has 4 nitrogen and oxygen atoms in total. The predicted octanol–water partition coefficient (Wildman–Crippen LogP) is 1.35. The molecule has 15 heavy (non-hydrogen) atoms. The quantitative estimate of drug-likeness (QED) is 0.591. The number of halogens is 1. The van der Waals surface area contributed by atoms with Crippen LogP contribution in [0.5, 0.6) is 5.75 Å². The zero-order valence-electron chi connectivity index (χ0n) is 8.00. The van der Waals surface area contributed by atoms with Crippen molar-refractivity contribution in [2.24, 2.45) is 0 Å². The summed E-state index contributed by atoms with van der Waals surface area (Å²) in [5.41, 5.74) is 6.60. The van der Waals surface area contributed by atoms with Crippen molar-refractivity contribution >= 4 is 23.2 Å². The third kappa shape index (κ3) is 1.99. The predicted molar refractivity (Wildman–Crippen MR) is 58.1 cm³/mol. The third-order valence-electron chi connectivity index (χ3n) is 2.18. The second kappa shape index (κ2) is 3.98. The van der Waals surface area contributed by atoms with Crippen molar-refractivity contribution in [3.05, 3.63) is 23.8 Å². The van der Waals surface area contributed by atoms with Gasteiger partial charge in [0.15, 0.2) is 6.23 Å². The van der Waals surface area contributed by atoms with Gasteiger partial charge in [-0.15, -0.1) is 11.6 Å². The number of nitrogen functional groups attached to an aromatic ring is 1. The number of rotatable bonds is 2. The Morgan fingerprint density at radius 3 is 3.07 bits per heavy atom. The molecule has 2 rings (SSSR count). The highest BCUT2D eigenvalue weighted by Crippen LogP contribution is 2.26. The molecule has 0 saturated heterocycles. The van der Waals surface area contributed by atoms with Crippen molar-refractivity contribution in [3.8, 4) is 5.75 Å². The number of carbonyl (C=O) groups excluding carboxylic acids is 1. The van der Waals surface area contributed by atoms with Crippen molar-refractivity contribution in [3.63, 3.8) is 0 Å².